The highest BCUT2D eigenvalue weighted by Gasteiger charge is 2.36. The van der Waals surface area contributed by atoms with E-state index in [-0.39, 0.29) is 52.7 Å². The van der Waals surface area contributed by atoms with E-state index in [4.69, 9.17) is 24.4 Å². The van der Waals surface area contributed by atoms with Gasteiger partial charge in [0.1, 0.15) is 36.1 Å². The average Bonchev–Trinajstić information content (AvgIpc) is 2.94. The van der Waals surface area contributed by atoms with Gasteiger partial charge in [-0.15, -0.1) is 0 Å². The molecular weight excluding hydrogens is 688 g/mol. The lowest BCUT2D eigenvalue weighted by molar-refractivity contribution is -0.154. The van der Waals surface area contributed by atoms with Crippen LogP contribution >= 0.6 is 0 Å². The van der Waals surface area contributed by atoms with Crippen LogP contribution in [0.3, 0.4) is 0 Å². The number of ether oxygens (including phenoxy) is 3. The van der Waals surface area contributed by atoms with Crippen LogP contribution in [0, 0.1) is 11.8 Å². The van der Waals surface area contributed by atoms with Crippen molar-refractivity contribution in [2.75, 3.05) is 45.9 Å². The largest absolute Gasteiger partial charge is 0.480 e. The first kappa shape index (κ1) is 56.4. The van der Waals surface area contributed by atoms with E-state index in [1.165, 1.54) is 0 Å². The maximum absolute atomic E-state index is 12.1. The lowest BCUT2D eigenvalue weighted by Gasteiger charge is -2.39. The molecule has 2 aliphatic heterocycles. The summed E-state index contributed by atoms with van der Waals surface area (Å²) in [6.07, 6.45) is 4.03. The van der Waals surface area contributed by atoms with Crippen LogP contribution in [-0.4, -0.2) is 132 Å². The van der Waals surface area contributed by atoms with Gasteiger partial charge in [0.05, 0.1) is 13.2 Å². The van der Waals surface area contributed by atoms with Gasteiger partial charge in [-0.05, 0) is 85.1 Å². The number of carbonyl (C=O) groups excluding carboxylic acids is 4. The fourth-order valence-corrected chi connectivity index (χ4v) is 4.78. The maximum Gasteiger partial charge on any atom is 0.408 e. The fourth-order valence-electron chi connectivity index (χ4n) is 4.78. The molecule has 2 rings (SSSR count). The fraction of sp³-hybridized carbons (Fsp3) is 0.842. The lowest BCUT2D eigenvalue weighted by atomic mass is 10.0. The molecule has 0 radical (unpaired) electrons. The van der Waals surface area contributed by atoms with Gasteiger partial charge in [-0.3, -0.25) is 24.2 Å². The number of alkyl carbamates (subject to hydrolysis) is 1. The zero-order chi connectivity index (χ0) is 38.4. The summed E-state index contributed by atoms with van der Waals surface area (Å²) in [4.78, 5) is 70.8. The Morgan fingerprint density at radius 3 is 1.66 bits per heavy atom. The van der Waals surface area contributed by atoms with E-state index in [0.717, 1.165) is 32.2 Å². The number of carboxylic acids is 2. The maximum atomic E-state index is 12.1. The van der Waals surface area contributed by atoms with Gasteiger partial charge in [-0.1, -0.05) is 50.0 Å². The van der Waals surface area contributed by atoms with Gasteiger partial charge >= 0.3 is 30.0 Å². The third-order valence-electron chi connectivity index (χ3n) is 7.75. The topological polar surface area (TPSA) is 201 Å². The number of aldehydes is 1. The van der Waals surface area contributed by atoms with Gasteiger partial charge < -0.3 is 39.9 Å². The molecule has 15 heteroatoms. The first-order valence-electron chi connectivity index (χ1n) is 17.8. The minimum atomic E-state index is -1.17. The Labute approximate surface area is 320 Å². The molecular formula is C38H76N4O11. The van der Waals surface area contributed by atoms with Crippen LogP contribution in [0.1, 0.15) is 123 Å². The van der Waals surface area contributed by atoms with Crippen molar-refractivity contribution in [2.24, 2.45) is 11.8 Å². The second kappa shape index (κ2) is 30.1. The molecule has 15 nitrogen and oxygen atoms in total. The number of hydrogen-bond donors (Lipinski definition) is 4. The van der Waals surface area contributed by atoms with E-state index in [2.05, 4.69) is 29.4 Å². The molecule has 2 fully saturated rings. The Morgan fingerprint density at radius 1 is 0.792 bits per heavy atom. The number of rotatable bonds is 19. The van der Waals surface area contributed by atoms with Gasteiger partial charge in [0, 0.05) is 32.6 Å². The van der Waals surface area contributed by atoms with Crippen molar-refractivity contribution >= 4 is 36.3 Å². The van der Waals surface area contributed by atoms with E-state index in [1.807, 2.05) is 27.7 Å². The van der Waals surface area contributed by atoms with Gasteiger partial charge in [-0.25, -0.2) is 9.59 Å². The van der Waals surface area contributed by atoms with E-state index in [0.29, 0.717) is 63.9 Å². The zero-order valence-electron chi connectivity index (χ0n) is 31.7. The Balaban J connectivity index is -0.000000375. The van der Waals surface area contributed by atoms with Crippen molar-refractivity contribution in [3.8, 4) is 0 Å². The van der Waals surface area contributed by atoms with E-state index in [1.54, 1.807) is 25.7 Å². The summed E-state index contributed by atoms with van der Waals surface area (Å²) in [5, 5.41) is 23.6. The van der Waals surface area contributed by atoms with Crippen molar-refractivity contribution in [3.05, 3.63) is 0 Å². The second-order valence-corrected chi connectivity index (χ2v) is 14.1. The Kier molecular flexibility index (Phi) is 32.0. The molecule has 314 valence electrons. The molecule has 0 bridgehead atoms. The molecule has 0 spiro atoms. The van der Waals surface area contributed by atoms with Gasteiger partial charge in [0.15, 0.2) is 0 Å². The summed E-state index contributed by atoms with van der Waals surface area (Å²) in [5.41, 5.74) is -0.709. The summed E-state index contributed by atoms with van der Waals surface area (Å²) in [5.74, 6) is -1.32. The van der Waals surface area contributed by atoms with Gasteiger partial charge in [-0.2, -0.15) is 0 Å². The van der Waals surface area contributed by atoms with Crippen molar-refractivity contribution < 1.29 is 53.2 Å². The third-order valence-corrected chi connectivity index (χ3v) is 7.75. The SMILES string of the molecule is C.C.C.CC(C)(C)OC(=O)N[C@@H](CCN1CC[C@H]1C(=O)O)C(=O)O.CC(C)CC=O.CCOC(=O)[C@H](CCN1CC[C@H]1C(=O)OCC)NCCC(C)C. The molecule has 0 aromatic rings. The average molecular weight is 765 g/mol. The monoisotopic (exact) mass is 765 g/mol. The molecule has 0 aromatic carbocycles. The first-order chi connectivity index (χ1) is 23.4. The number of carbonyl (C=O) groups is 6. The van der Waals surface area contributed by atoms with Crippen LogP contribution in [0.4, 0.5) is 4.79 Å². The van der Waals surface area contributed by atoms with Crippen LogP contribution in [0.15, 0.2) is 0 Å². The molecule has 2 saturated heterocycles. The van der Waals surface area contributed by atoms with E-state index < -0.39 is 35.7 Å². The van der Waals surface area contributed by atoms with Crippen molar-refractivity contribution in [1.29, 1.82) is 0 Å². The Morgan fingerprint density at radius 2 is 1.30 bits per heavy atom. The number of nitrogens with zero attached hydrogens (tertiary/aromatic N) is 2. The number of hydrogen-bond acceptors (Lipinski definition) is 12. The summed E-state index contributed by atoms with van der Waals surface area (Å²) in [6, 6.07) is -2.11. The van der Waals surface area contributed by atoms with Crippen molar-refractivity contribution in [2.45, 2.75) is 153 Å². The number of esters is 2. The predicted molar refractivity (Wildman–Crippen MR) is 208 cm³/mol. The number of likely N-dealkylation sites (tertiary alicyclic amines) is 2. The van der Waals surface area contributed by atoms with Crippen LogP contribution in [0.5, 0.6) is 0 Å². The smallest absolute Gasteiger partial charge is 0.408 e. The number of aliphatic carboxylic acids is 2. The van der Waals surface area contributed by atoms with Crippen molar-refractivity contribution in [1.82, 2.24) is 20.4 Å². The molecule has 0 aromatic heterocycles. The highest BCUT2D eigenvalue weighted by molar-refractivity contribution is 5.80. The zero-order valence-corrected chi connectivity index (χ0v) is 31.7. The summed E-state index contributed by atoms with van der Waals surface area (Å²) in [6.45, 7) is 21.1. The molecule has 4 atom stereocenters. The van der Waals surface area contributed by atoms with Crippen LogP contribution in [-0.2, 0) is 38.2 Å². The van der Waals surface area contributed by atoms with Crippen LogP contribution < -0.4 is 10.6 Å². The van der Waals surface area contributed by atoms with Crippen LogP contribution in [0.25, 0.3) is 0 Å². The molecule has 0 saturated carbocycles. The molecule has 4 N–H and O–H groups in total. The minimum absolute atomic E-state index is 0. The normalized spacial score (nSPS) is 17.4. The van der Waals surface area contributed by atoms with E-state index in [9.17, 15) is 28.8 Å². The molecule has 53 heavy (non-hydrogen) atoms. The molecule has 2 heterocycles. The highest BCUT2D eigenvalue weighted by atomic mass is 16.6. The standard InChI is InChI=1S/C17H32N2O4.C13H22N2O6.C5H10O.3CH4/c1-5-22-16(20)14(18-10-7-13(3)4)8-11-19-12-9-15(19)17(21)23-6-2;1-13(2,3)21-12(20)14-8(10(16)17)4-6-15-7-5-9(15)11(18)19;1-5(2)3-4-6;;;/h13-15,18H,5-12H2,1-4H3;8-9H,4-7H2,1-3H3,(H,14,20)(H,16,17)(H,18,19);4-5H,3H2,1-2H3;3*1H4/t14-,15-;8-,9-;;;;/m00..../s1. The predicted octanol–water partition coefficient (Wildman–Crippen LogP) is 5.23. The highest BCUT2D eigenvalue weighted by Crippen LogP contribution is 2.20. The minimum Gasteiger partial charge on any atom is -0.480 e. The first-order valence-corrected chi connectivity index (χ1v) is 17.8. The molecule has 0 unspecified atom stereocenters. The quantitative estimate of drug-likeness (QED) is 0.0756. The Bertz CT molecular complexity index is 1050. The summed E-state index contributed by atoms with van der Waals surface area (Å²) < 4.78 is 15.2. The number of nitrogens with one attached hydrogen (secondary N) is 2. The lowest BCUT2D eigenvalue weighted by Crippen LogP contribution is -2.54. The van der Waals surface area contributed by atoms with Gasteiger partial charge in [0.2, 0.25) is 0 Å². The molecule has 2 aliphatic rings. The second-order valence-electron chi connectivity index (χ2n) is 14.1. The Hall–Kier alpha value is -3.30. The summed E-state index contributed by atoms with van der Waals surface area (Å²) in [7, 11) is 0. The number of carboxylic acid groups (broad SMARTS) is 2. The molecule has 0 aliphatic carbocycles. The van der Waals surface area contributed by atoms with Gasteiger partial charge in [0.25, 0.3) is 0 Å². The summed E-state index contributed by atoms with van der Waals surface area (Å²) >= 11 is 0. The van der Waals surface area contributed by atoms with E-state index >= 15 is 0 Å². The third kappa shape index (κ3) is 25.4. The number of amides is 1. The van der Waals surface area contributed by atoms with Crippen molar-refractivity contribution in [3.63, 3.8) is 0 Å². The molecule has 1 amide bonds. The van der Waals surface area contributed by atoms with Crippen LogP contribution in [0.2, 0.25) is 0 Å².